The molecule has 136 valence electrons. The number of allylic oxidation sites excluding steroid dienone is 1. The van der Waals surface area contributed by atoms with Gasteiger partial charge in [-0.3, -0.25) is 4.79 Å². The Kier molecular flexibility index (Phi) is 5.77. The summed E-state index contributed by atoms with van der Waals surface area (Å²) < 4.78 is 0. The molecule has 0 aliphatic heterocycles. The smallest absolute Gasteiger partial charge is 0.242 e. The van der Waals surface area contributed by atoms with Gasteiger partial charge in [-0.1, -0.05) is 55.5 Å². The maximum atomic E-state index is 12.7. The van der Waals surface area contributed by atoms with E-state index in [0.29, 0.717) is 12.5 Å². The molecule has 3 nitrogen and oxygen atoms in total. The van der Waals surface area contributed by atoms with Crippen LogP contribution in [0.3, 0.4) is 0 Å². The number of carbonyl (C=O) groups is 1. The van der Waals surface area contributed by atoms with Crippen molar-refractivity contribution in [1.29, 1.82) is 0 Å². The van der Waals surface area contributed by atoms with Gasteiger partial charge in [-0.25, -0.2) is 0 Å². The number of fused-ring (bicyclic) bond motifs is 1. The van der Waals surface area contributed by atoms with E-state index >= 15 is 0 Å². The molecule has 1 unspecified atom stereocenters. The molecule has 26 heavy (non-hydrogen) atoms. The van der Waals surface area contributed by atoms with E-state index in [1.165, 1.54) is 16.7 Å². The normalized spacial score (nSPS) is 15.0. The molecule has 1 aliphatic carbocycles. The third-order valence-corrected chi connectivity index (χ3v) is 5.15. The monoisotopic (exact) mass is 348 g/mol. The summed E-state index contributed by atoms with van der Waals surface area (Å²) in [5.74, 6) is 0.647. The van der Waals surface area contributed by atoms with Crippen molar-refractivity contribution in [3.63, 3.8) is 0 Å². The van der Waals surface area contributed by atoms with Gasteiger partial charge < -0.3 is 9.80 Å². The minimum atomic E-state index is 0.176. The lowest BCUT2D eigenvalue weighted by Gasteiger charge is -2.28. The second-order valence-electron chi connectivity index (χ2n) is 6.87. The third-order valence-electron chi connectivity index (χ3n) is 5.15. The summed E-state index contributed by atoms with van der Waals surface area (Å²) in [4.78, 5) is 16.8. The molecule has 3 heteroatoms. The van der Waals surface area contributed by atoms with Crippen molar-refractivity contribution in [2.45, 2.75) is 33.2 Å². The van der Waals surface area contributed by atoms with E-state index in [1.807, 2.05) is 36.9 Å². The van der Waals surface area contributed by atoms with Crippen LogP contribution in [0.2, 0.25) is 0 Å². The zero-order chi connectivity index (χ0) is 18.5. The highest BCUT2D eigenvalue weighted by molar-refractivity contribution is 5.82. The zero-order valence-corrected chi connectivity index (χ0v) is 16.0. The number of rotatable bonds is 7. The molecule has 1 aliphatic rings. The Morgan fingerprint density at radius 2 is 1.77 bits per heavy atom. The van der Waals surface area contributed by atoms with E-state index in [2.05, 4.69) is 54.3 Å². The first-order chi connectivity index (χ1) is 12.6. The number of benzene rings is 2. The van der Waals surface area contributed by atoms with Crippen LogP contribution in [-0.4, -0.2) is 30.4 Å². The van der Waals surface area contributed by atoms with E-state index in [9.17, 15) is 4.79 Å². The van der Waals surface area contributed by atoms with Gasteiger partial charge in [0.1, 0.15) is 0 Å². The zero-order valence-electron chi connectivity index (χ0n) is 16.0. The van der Waals surface area contributed by atoms with Crippen molar-refractivity contribution in [2.24, 2.45) is 0 Å². The molecule has 2 aromatic carbocycles. The first-order valence-corrected chi connectivity index (χ1v) is 9.51. The van der Waals surface area contributed by atoms with Gasteiger partial charge in [0.2, 0.25) is 5.91 Å². The van der Waals surface area contributed by atoms with Crippen molar-refractivity contribution in [3.8, 4) is 0 Å². The molecule has 0 heterocycles. The second-order valence-corrected chi connectivity index (χ2v) is 6.87. The lowest BCUT2D eigenvalue weighted by molar-refractivity contribution is -0.129. The summed E-state index contributed by atoms with van der Waals surface area (Å²) in [6.07, 6.45) is 4.42. The number of carbonyl (C=O) groups excluding carboxylic acids is 1. The minimum Gasteiger partial charge on any atom is -0.358 e. The summed E-state index contributed by atoms with van der Waals surface area (Å²) in [6, 6.07) is 16.9. The molecule has 0 radical (unpaired) electrons. The highest BCUT2D eigenvalue weighted by Gasteiger charge is 2.19. The predicted octanol–water partition coefficient (Wildman–Crippen LogP) is 4.69. The van der Waals surface area contributed by atoms with Crippen LogP contribution in [0.4, 0.5) is 5.69 Å². The molecule has 3 rings (SSSR count). The van der Waals surface area contributed by atoms with Crippen LogP contribution in [0.5, 0.6) is 0 Å². The van der Waals surface area contributed by atoms with Gasteiger partial charge >= 0.3 is 0 Å². The number of hydrogen-bond acceptors (Lipinski definition) is 2. The third kappa shape index (κ3) is 3.98. The summed E-state index contributed by atoms with van der Waals surface area (Å²) in [5.41, 5.74) is 4.95. The molecule has 0 saturated carbocycles. The van der Waals surface area contributed by atoms with E-state index in [4.69, 9.17) is 0 Å². The Bertz CT molecular complexity index is 778. The fourth-order valence-electron chi connectivity index (χ4n) is 3.55. The Balaban J connectivity index is 1.87. The first-order valence-electron chi connectivity index (χ1n) is 9.51. The largest absolute Gasteiger partial charge is 0.358 e. The highest BCUT2D eigenvalue weighted by Crippen LogP contribution is 2.32. The maximum Gasteiger partial charge on any atom is 0.242 e. The summed E-state index contributed by atoms with van der Waals surface area (Å²) in [5, 5.41) is 0. The lowest BCUT2D eigenvalue weighted by Crippen LogP contribution is -2.40. The minimum absolute atomic E-state index is 0.176. The molecule has 0 spiro atoms. The van der Waals surface area contributed by atoms with Gasteiger partial charge in [0.15, 0.2) is 0 Å². The second kappa shape index (κ2) is 8.22. The van der Waals surface area contributed by atoms with Gasteiger partial charge in [-0.05, 0) is 48.6 Å². The molecule has 2 aromatic rings. The number of nitrogens with zero attached hydrogens (tertiary/aromatic N) is 2. The van der Waals surface area contributed by atoms with Crippen LogP contribution >= 0.6 is 0 Å². The number of amides is 1. The van der Waals surface area contributed by atoms with Crippen LogP contribution in [0.1, 0.15) is 43.4 Å². The van der Waals surface area contributed by atoms with Crippen molar-refractivity contribution < 1.29 is 4.79 Å². The average Bonchev–Trinajstić information content (AvgIpc) is 3.03. The molecule has 0 N–H and O–H groups in total. The molecule has 1 atom stereocenters. The molecule has 0 fully saturated rings. The number of anilines is 1. The molecular weight excluding hydrogens is 320 g/mol. The summed E-state index contributed by atoms with van der Waals surface area (Å²) >= 11 is 0. The van der Waals surface area contributed by atoms with E-state index in [1.54, 1.807) is 0 Å². The van der Waals surface area contributed by atoms with Crippen LogP contribution in [-0.2, 0) is 11.3 Å². The standard InChI is InChI=1S/C23H28N2O/c1-4-24(5-2)23(26)17-25(16-19-9-7-6-8-10-19)21-13-14-22-18(3)11-12-20(22)15-21/h6-15,18H,4-5,16-17H2,1-3H3. The lowest BCUT2D eigenvalue weighted by atomic mass is 10.0. The summed E-state index contributed by atoms with van der Waals surface area (Å²) in [7, 11) is 0. The Labute approximate surface area is 156 Å². The van der Waals surface area contributed by atoms with Gasteiger partial charge in [-0.2, -0.15) is 0 Å². The Morgan fingerprint density at radius 3 is 2.46 bits per heavy atom. The molecular formula is C23H28N2O. The highest BCUT2D eigenvalue weighted by atomic mass is 16.2. The van der Waals surface area contributed by atoms with Crippen molar-refractivity contribution in [3.05, 3.63) is 71.3 Å². The topological polar surface area (TPSA) is 23.6 Å². The average molecular weight is 348 g/mol. The fourth-order valence-corrected chi connectivity index (χ4v) is 3.55. The summed E-state index contributed by atoms with van der Waals surface area (Å²) in [6.45, 7) is 8.90. The molecule has 0 saturated heterocycles. The van der Waals surface area contributed by atoms with Crippen LogP contribution < -0.4 is 4.90 Å². The van der Waals surface area contributed by atoms with Crippen molar-refractivity contribution in [1.82, 2.24) is 4.90 Å². The quantitative estimate of drug-likeness (QED) is 0.724. The van der Waals surface area contributed by atoms with Gasteiger partial charge in [0.05, 0.1) is 6.54 Å². The van der Waals surface area contributed by atoms with E-state index < -0.39 is 0 Å². The predicted molar refractivity (Wildman–Crippen MR) is 109 cm³/mol. The van der Waals surface area contributed by atoms with Crippen LogP contribution in [0.15, 0.2) is 54.6 Å². The van der Waals surface area contributed by atoms with Crippen molar-refractivity contribution in [2.75, 3.05) is 24.5 Å². The van der Waals surface area contributed by atoms with Crippen LogP contribution in [0.25, 0.3) is 6.08 Å². The van der Waals surface area contributed by atoms with E-state index in [0.717, 1.165) is 25.3 Å². The number of likely N-dealkylation sites (N-methyl/N-ethyl adjacent to an activating group) is 1. The van der Waals surface area contributed by atoms with Crippen molar-refractivity contribution >= 4 is 17.7 Å². The number of hydrogen-bond donors (Lipinski definition) is 0. The first kappa shape index (κ1) is 18.2. The van der Waals surface area contributed by atoms with E-state index in [-0.39, 0.29) is 5.91 Å². The fraction of sp³-hybridized carbons (Fsp3) is 0.348. The Hall–Kier alpha value is -2.55. The van der Waals surface area contributed by atoms with Gasteiger partial charge in [0, 0.05) is 25.3 Å². The SMILES string of the molecule is CCN(CC)C(=O)CN(Cc1ccccc1)c1ccc2c(c1)C=CC2C. The molecule has 0 aromatic heterocycles. The van der Waals surface area contributed by atoms with Gasteiger partial charge in [-0.15, -0.1) is 0 Å². The Morgan fingerprint density at radius 1 is 1.04 bits per heavy atom. The van der Waals surface area contributed by atoms with Gasteiger partial charge in [0.25, 0.3) is 0 Å². The van der Waals surface area contributed by atoms with Crippen LogP contribution in [0, 0.1) is 0 Å². The molecule has 1 amide bonds. The maximum absolute atomic E-state index is 12.7. The molecule has 0 bridgehead atoms.